The standard InChI is InChI=1S/C16H21NOS/c1-13(11-14-8-10-19-12-14)17-16(7-9-18)15-5-3-2-4-6-15/h2-6,8,10,12-13,16-18H,7,9,11H2,1H3/t13?,16-/m1/s1. The second kappa shape index (κ2) is 7.43. The number of thiophene rings is 1. The Hall–Kier alpha value is -1.16. The van der Waals surface area contributed by atoms with Crippen molar-refractivity contribution >= 4 is 11.3 Å². The first-order valence-electron chi connectivity index (χ1n) is 6.72. The van der Waals surface area contributed by atoms with Gasteiger partial charge in [-0.05, 0) is 47.7 Å². The van der Waals surface area contributed by atoms with E-state index in [1.165, 1.54) is 11.1 Å². The van der Waals surface area contributed by atoms with Gasteiger partial charge in [-0.25, -0.2) is 0 Å². The normalized spacial score (nSPS) is 14.2. The lowest BCUT2D eigenvalue weighted by atomic mass is 10.0. The van der Waals surface area contributed by atoms with E-state index in [1.807, 2.05) is 18.2 Å². The maximum Gasteiger partial charge on any atom is 0.0449 e. The summed E-state index contributed by atoms with van der Waals surface area (Å²) in [6.45, 7) is 2.41. The molecule has 102 valence electrons. The number of nitrogens with one attached hydrogen (secondary N) is 1. The molecule has 2 rings (SSSR count). The van der Waals surface area contributed by atoms with Gasteiger partial charge in [0.1, 0.15) is 0 Å². The highest BCUT2D eigenvalue weighted by Gasteiger charge is 2.14. The monoisotopic (exact) mass is 275 g/mol. The molecule has 0 aliphatic heterocycles. The van der Waals surface area contributed by atoms with Crippen LogP contribution in [-0.4, -0.2) is 17.8 Å². The van der Waals surface area contributed by atoms with Crippen molar-refractivity contribution < 1.29 is 5.11 Å². The second-order valence-electron chi connectivity index (χ2n) is 4.88. The van der Waals surface area contributed by atoms with Crippen LogP contribution in [0, 0.1) is 0 Å². The van der Waals surface area contributed by atoms with Crippen LogP contribution in [0.2, 0.25) is 0 Å². The zero-order valence-corrected chi connectivity index (χ0v) is 12.1. The Kier molecular flexibility index (Phi) is 5.58. The summed E-state index contributed by atoms with van der Waals surface area (Å²) in [5.41, 5.74) is 2.62. The summed E-state index contributed by atoms with van der Waals surface area (Å²) >= 11 is 1.74. The van der Waals surface area contributed by atoms with Crippen molar-refractivity contribution in [2.75, 3.05) is 6.61 Å². The Morgan fingerprint density at radius 1 is 1.21 bits per heavy atom. The summed E-state index contributed by atoms with van der Waals surface area (Å²) in [5, 5.41) is 17.2. The van der Waals surface area contributed by atoms with Gasteiger partial charge in [-0.15, -0.1) is 0 Å². The molecule has 2 nitrogen and oxygen atoms in total. The number of aliphatic hydroxyl groups is 1. The molecular formula is C16H21NOS. The molecule has 1 aromatic heterocycles. The number of hydrogen-bond donors (Lipinski definition) is 2. The van der Waals surface area contributed by atoms with Crippen LogP contribution in [0.1, 0.15) is 30.5 Å². The number of benzene rings is 1. The Labute approximate surface area is 119 Å². The first-order valence-corrected chi connectivity index (χ1v) is 7.67. The van der Waals surface area contributed by atoms with Gasteiger partial charge < -0.3 is 10.4 Å². The summed E-state index contributed by atoms with van der Waals surface area (Å²) in [6, 6.07) is 13.1. The Balaban J connectivity index is 1.96. The molecule has 0 spiro atoms. The molecule has 2 N–H and O–H groups in total. The molecule has 0 aliphatic carbocycles. The van der Waals surface area contributed by atoms with E-state index in [2.05, 4.69) is 41.2 Å². The fourth-order valence-electron chi connectivity index (χ4n) is 2.33. The van der Waals surface area contributed by atoms with Crippen LogP contribution in [0.25, 0.3) is 0 Å². The van der Waals surface area contributed by atoms with Crippen LogP contribution >= 0.6 is 11.3 Å². The molecule has 1 aromatic carbocycles. The van der Waals surface area contributed by atoms with E-state index in [4.69, 9.17) is 0 Å². The van der Waals surface area contributed by atoms with Crippen molar-refractivity contribution in [1.29, 1.82) is 0 Å². The topological polar surface area (TPSA) is 32.3 Å². The molecule has 0 saturated carbocycles. The van der Waals surface area contributed by atoms with Crippen LogP contribution in [0.15, 0.2) is 47.2 Å². The van der Waals surface area contributed by atoms with Gasteiger partial charge in [-0.2, -0.15) is 11.3 Å². The minimum atomic E-state index is 0.206. The minimum Gasteiger partial charge on any atom is -0.396 e. The number of hydrogen-bond acceptors (Lipinski definition) is 3. The lowest BCUT2D eigenvalue weighted by molar-refractivity contribution is 0.260. The van der Waals surface area contributed by atoms with Gasteiger partial charge in [0.25, 0.3) is 0 Å². The maximum atomic E-state index is 9.23. The van der Waals surface area contributed by atoms with Gasteiger partial charge in [-0.1, -0.05) is 30.3 Å². The molecule has 0 radical (unpaired) electrons. The van der Waals surface area contributed by atoms with Crippen molar-refractivity contribution in [1.82, 2.24) is 5.32 Å². The molecule has 3 heteroatoms. The maximum absolute atomic E-state index is 9.23. The van der Waals surface area contributed by atoms with Crippen LogP contribution in [0.5, 0.6) is 0 Å². The van der Waals surface area contributed by atoms with Gasteiger partial charge in [0, 0.05) is 18.7 Å². The van der Waals surface area contributed by atoms with Crippen molar-refractivity contribution in [2.24, 2.45) is 0 Å². The SMILES string of the molecule is CC(Cc1ccsc1)N[C@H](CCO)c1ccccc1. The highest BCUT2D eigenvalue weighted by molar-refractivity contribution is 7.07. The van der Waals surface area contributed by atoms with E-state index < -0.39 is 0 Å². The van der Waals surface area contributed by atoms with Crippen molar-refractivity contribution in [3.8, 4) is 0 Å². The average molecular weight is 275 g/mol. The Morgan fingerprint density at radius 3 is 2.63 bits per heavy atom. The van der Waals surface area contributed by atoms with Crippen LogP contribution in [0.4, 0.5) is 0 Å². The number of aliphatic hydroxyl groups excluding tert-OH is 1. The van der Waals surface area contributed by atoms with E-state index in [-0.39, 0.29) is 12.6 Å². The van der Waals surface area contributed by atoms with Crippen molar-refractivity contribution in [3.63, 3.8) is 0 Å². The summed E-state index contributed by atoms with van der Waals surface area (Å²) in [5.74, 6) is 0. The Bertz CT molecular complexity index is 455. The summed E-state index contributed by atoms with van der Waals surface area (Å²) in [7, 11) is 0. The van der Waals surface area contributed by atoms with Crippen LogP contribution in [0.3, 0.4) is 0 Å². The molecule has 2 atom stereocenters. The largest absolute Gasteiger partial charge is 0.396 e. The van der Waals surface area contributed by atoms with E-state index in [9.17, 15) is 5.11 Å². The third kappa shape index (κ3) is 4.46. The van der Waals surface area contributed by atoms with E-state index in [0.717, 1.165) is 12.8 Å². The van der Waals surface area contributed by atoms with Gasteiger partial charge in [0.05, 0.1) is 0 Å². The van der Waals surface area contributed by atoms with E-state index >= 15 is 0 Å². The molecular weight excluding hydrogens is 254 g/mol. The number of rotatable bonds is 7. The van der Waals surface area contributed by atoms with Crippen LogP contribution < -0.4 is 5.32 Å². The first kappa shape index (κ1) is 14.3. The quantitative estimate of drug-likeness (QED) is 0.812. The summed E-state index contributed by atoms with van der Waals surface area (Å²) in [6.07, 6.45) is 1.77. The van der Waals surface area contributed by atoms with Crippen molar-refractivity contribution in [2.45, 2.75) is 31.8 Å². The van der Waals surface area contributed by atoms with Crippen molar-refractivity contribution in [3.05, 3.63) is 58.3 Å². The predicted octanol–water partition coefficient (Wildman–Crippen LogP) is 3.39. The first-order chi connectivity index (χ1) is 9.29. The molecule has 19 heavy (non-hydrogen) atoms. The molecule has 0 fully saturated rings. The molecule has 0 aliphatic rings. The highest BCUT2D eigenvalue weighted by atomic mass is 32.1. The van der Waals surface area contributed by atoms with Gasteiger partial charge in [0.2, 0.25) is 0 Å². The lowest BCUT2D eigenvalue weighted by Crippen LogP contribution is -2.32. The van der Waals surface area contributed by atoms with Gasteiger partial charge in [0.15, 0.2) is 0 Å². The fourth-order valence-corrected chi connectivity index (χ4v) is 3.01. The fraction of sp³-hybridized carbons (Fsp3) is 0.375. The zero-order valence-electron chi connectivity index (χ0n) is 11.3. The van der Waals surface area contributed by atoms with Crippen LogP contribution in [-0.2, 0) is 6.42 Å². The third-order valence-electron chi connectivity index (χ3n) is 3.23. The second-order valence-corrected chi connectivity index (χ2v) is 5.66. The van der Waals surface area contributed by atoms with E-state index in [0.29, 0.717) is 6.04 Å². The predicted molar refractivity (Wildman–Crippen MR) is 81.5 cm³/mol. The van der Waals surface area contributed by atoms with E-state index in [1.54, 1.807) is 11.3 Å². The summed E-state index contributed by atoms with van der Waals surface area (Å²) < 4.78 is 0. The minimum absolute atomic E-state index is 0.206. The molecule has 1 unspecified atom stereocenters. The third-order valence-corrected chi connectivity index (χ3v) is 3.96. The molecule has 0 saturated heterocycles. The van der Waals surface area contributed by atoms with Gasteiger partial charge in [-0.3, -0.25) is 0 Å². The Morgan fingerprint density at radius 2 is 2.00 bits per heavy atom. The molecule has 1 heterocycles. The molecule has 0 bridgehead atoms. The summed E-state index contributed by atoms with van der Waals surface area (Å²) in [4.78, 5) is 0. The zero-order chi connectivity index (χ0) is 13.5. The molecule has 0 amide bonds. The molecule has 2 aromatic rings. The van der Waals surface area contributed by atoms with Gasteiger partial charge >= 0.3 is 0 Å². The lowest BCUT2D eigenvalue weighted by Gasteiger charge is -2.23. The highest BCUT2D eigenvalue weighted by Crippen LogP contribution is 2.18. The average Bonchev–Trinajstić information content (AvgIpc) is 2.92. The smallest absolute Gasteiger partial charge is 0.0449 e.